The Hall–Kier alpha value is -0.410. The van der Waals surface area contributed by atoms with Crippen LogP contribution in [0.1, 0.15) is 10.6 Å². The van der Waals surface area contributed by atoms with Gasteiger partial charge in [-0.05, 0) is 6.92 Å². The van der Waals surface area contributed by atoms with E-state index in [1.54, 1.807) is 0 Å². The maximum Gasteiger partial charge on any atom is 0.184 e. The van der Waals surface area contributed by atoms with Crippen LogP contribution in [0, 0.1) is 6.92 Å². The van der Waals surface area contributed by atoms with Crippen LogP contribution < -0.4 is 0 Å². The van der Waals surface area contributed by atoms with Crippen molar-refractivity contribution in [2.45, 2.75) is 13.3 Å². The molecule has 0 bridgehead atoms. The third-order valence-electron chi connectivity index (χ3n) is 1.14. The molecule has 0 fully saturated rings. The number of aromatic nitrogens is 1. The lowest BCUT2D eigenvalue weighted by atomic mass is 10.3. The van der Waals surface area contributed by atoms with Crippen LogP contribution >= 0.6 is 22.9 Å². The lowest BCUT2D eigenvalue weighted by molar-refractivity contribution is -0.107. The van der Waals surface area contributed by atoms with Crippen LogP contribution in [0.5, 0.6) is 0 Å². The molecule has 0 radical (unpaired) electrons. The van der Waals surface area contributed by atoms with Gasteiger partial charge >= 0.3 is 0 Å². The maximum atomic E-state index is 10.1. The molecule has 10 heavy (non-hydrogen) atoms. The van der Waals surface area contributed by atoms with Crippen molar-refractivity contribution < 1.29 is 4.79 Å². The van der Waals surface area contributed by atoms with Gasteiger partial charge in [-0.25, -0.2) is 4.98 Å². The number of carbonyl (C=O) groups is 1. The van der Waals surface area contributed by atoms with Crippen LogP contribution in [-0.2, 0) is 11.2 Å². The normalized spacial score (nSPS) is 9.80. The van der Waals surface area contributed by atoms with Crippen LogP contribution in [0.15, 0.2) is 0 Å². The smallest absolute Gasteiger partial charge is 0.184 e. The van der Waals surface area contributed by atoms with Gasteiger partial charge in [0.05, 0.1) is 5.69 Å². The van der Waals surface area contributed by atoms with E-state index in [1.165, 1.54) is 11.3 Å². The Morgan fingerprint density at radius 3 is 2.90 bits per heavy atom. The van der Waals surface area contributed by atoms with Gasteiger partial charge in [0.15, 0.2) is 4.47 Å². The summed E-state index contributed by atoms with van der Waals surface area (Å²) in [5.41, 5.74) is 0.863. The molecule has 1 heterocycles. The minimum absolute atomic E-state index is 0.427. The highest BCUT2D eigenvalue weighted by molar-refractivity contribution is 7.15. The zero-order valence-electron chi connectivity index (χ0n) is 5.43. The number of hydrogen-bond donors (Lipinski definition) is 0. The largest absolute Gasteiger partial charge is 0.303 e. The lowest BCUT2D eigenvalue weighted by Gasteiger charge is -1.84. The van der Waals surface area contributed by atoms with E-state index in [4.69, 9.17) is 11.6 Å². The van der Waals surface area contributed by atoms with Gasteiger partial charge in [-0.2, -0.15) is 0 Å². The van der Waals surface area contributed by atoms with E-state index in [0.717, 1.165) is 16.9 Å². The second kappa shape index (κ2) is 3.12. The summed E-state index contributed by atoms with van der Waals surface area (Å²) in [5, 5.41) is 0. The number of aryl methyl sites for hydroxylation is 1. The van der Waals surface area contributed by atoms with Crippen molar-refractivity contribution in [3.63, 3.8) is 0 Å². The predicted octanol–water partition coefficient (Wildman–Crippen LogP) is 1.85. The molecule has 2 nitrogen and oxygen atoms in total. The number of thiazole rings is 1. The molecule has 0 atom stereocenters. The van der Waals surface area contributed by atoms with Gasteiger partial charge in [0.1, 0.15) is 6.29 Å². The molecular formula is C6H6ClNOS. The minimum atomic E-state index is 0.427. The van der Waals surface area contributed by atoms with Crippen molar-refractivity contribution in [3.8, 4) is 0 Å². The molecular weight excluding hydrogens is 170 g/mol. The fourth-order valence-corrected chi connectivity index (χ4v) is 1.79. The monoisotopic (exact) mass is 175 g/mol. The molecule has 0 unspecified atom stereocenters. The molecule has 1 aromatic heterocycles. The Morgan fingerprint density at radius 1 is 1.80 bits per heavy atom. The van der Waals surface area contributed by atoms with Crippen LogP contribution in [0.4, 0.5) is 0 Å². The number of rotatable bonds is 2. The molecule has 0 aliphatic carbocycles. The maximum absolute atomic E-state index is 10.1. The highest BCUT2D eigenvalue weighted by Crippen LogP contribution is 2.21. The second-order valence-corrected chi connectivity index (χ2v) is 3.51. The molecule has 1 rings (SSSR count). The number of nitrogens with zero attached hydrogens (tertiary/aromatic N) is 1. The van der Waals surface area contributed by atoms with Gasteiger partial charge in [-0.15, -0.1) is 11.3 Å². The van der Waals surface area contributed by atoms with Gasteiger partial charge in [-0.3, -0.25) is 0 Å². The molecule has 54 valence electrons. The summed E-state index contributed by atoms with van der Waals surface area (Å²) in [6, 6.07) is 0. The summed E-state index contributed by atoms with van der Waals surface area (Å²) in [6.07, 6.45) is 1.28. The fourth-order valence-electron chi connectivity index (χ4n) is 0.658. The van der Waals surface area contributed by atoms with E-state index in [9.17, 15) is 4.79 Å². The fraction of sp³-hybridized carbons (Fsp3) is 0.333. The summed E-state index contributed by atoms with van der Waals surface area (Å²) < 4.78 is 0.509. The van der Waals surface area contributed by atoms with Crippen molar-refractivity contribution in [2.24, 2.45) is 0 Å². The SMILES string of the molecule is Cc1nc(Cl)sc1CC=O. The zero-order valence-corrected chi connectivity index (χ0v) is 7.00. The van der Waals surface area contributed by atoms with Gasteiger partial charge in [0.2, 0.25) is 0 Å². The first-order valence-electron chi connectivity index (χ1n) is 2.79. The summed E-state index contributed by atoms with van der Waals surface area (Å²) in [6.45, 7) is 1.85. The molecule has 0 saturated carbocycles. The number of halogens is 1. The molecule has 0 N–H and O–H groups in total. The van der Waals surface area contributed by atoms with Crippen LogP contribution in [0.25, 0.3) is 0 Å². The topological polar surface area (TPSA) is 30.0 Å². The van der Waals surface area contributed by atoms with Crippen molar-refractivity contribution in [1.82, 2.24) is 4.98 Å². The van der Waals surface area contributed by atoms with Gasteiger partial charge in [-0.1, -0.05) is 11.6 Å². The first-order chi connectivity index (χ1) is 4.74. The van der Waals surface area contributed by atoms with E-state index in [2.05, 4.69) is 4.98 Å². The van der Waals surface area contributed by atoms with Gasteiger partial charge in [0, 0.05) is 11.3 Å². The van der Waals surface area contributed by atoms with Gasteiger partial charge in [0.25, 0.3) is 0 Å². The van der Waals surface area contributed by atoms with E-state index in [1.807, 2.05) is 6.92 Å². The number of aldehydes is 1. The summed E-state index contributed by atoms with van der Waals surface area (Å²) in [7, 11) is 0. The highest BCUT2D eigenvalue weighted by Gasteiger charge is 2.03. The minimum Gasteiger partial charge on any atom is -0.303 e. The standard InChI is InChI=1S/C6H6ClNOS/c1-4-5(2-3-9)10-6(7)8-4/h3H,2H2,1H3. The molecule has 0 spiro atoms. The summed E-state index contributed by atoms with van der Waals surface area (Å²) >= 11 is 6.95. The molecule has 0 aliphatic heterocycles. The van der Waals surface area contributed by atoms with Crippen LogP contribution in [-0.4, -0.2) is 11.3 Å². The Balaban J connectivity index is 2.91. The first kappa shape index (κ1) is 7.69. The third-order valence-corrected chi connectivity index (χ3v) is 2.42. The number of hydrogen-bond acceptors (Lipinski definition) is 3. The van der Waals surface area contributed by atoms with Crippen LogP contribution in [0.3, 0.4) is 0 Å². The van der Waals surface area contributed by atoms with Crippen molar-refractivity contribution in [3.05, 3.63) is 15.0 Å². The average Bonchev–Trinajstić information content (AvgIpc) is 2.13. The van der Waals surface area contributed by atoms with Crippen molar-refractivity contribution in [1.29, 1.82) is 0 Å². The Labute approximate surface area is 67.9 Å². The Kier molecular flexibility index (Phi) is 2.40. The van der Waals surface area contributed by atoms with E-state index in [0.29, 0.717) is 10.9 Å². The Morgan fingerprint density at radius 2 is 2.50 bits per heavy atom. The van der Waals surface area contributed by atoms with E-state index < -0.39 is 0 Å². The molecule has 0 aromatic carbocycles. The second-order valence-electron chi connectivity index (χ2n) is 1.85. The Bertz CT molecular complexity index is 246. The molecule has 4 heteroatoms. The number of carbonyl (C=O) groups excluding carboxylic acids is 1. The highest BCUT2D eigenvalue weighted by atomic mass is 35.5. The van der Waals surface area contributed by atoms with Crippen LogP contribution in [0.2, 0.25) is 4.47 Å². The predicted molar refractivity (Wildman–Crippen MR) is 41.6 cm³/mol. The average molecular weight is 176 g/mol. The summed E-state index contributed by atoms with van der Waals surface area (Å²) in [4.78, 5) is 15.0. The third kappa shape index (κ3) is 1.55. The molecule has 0 amide bonds. The summed E-state index contributed by atoms with van der Waals surface area (Å²) in [5.74, 6) is 0. The van der Waals surface area contributed by atoms with Gasteiger partial charge < -0.3 is 4.79 Å². The molecule has 0 aliphatic rings. The quantitative estimate of drug-likeness (QED) is 0.643. The first-order valence-corrected chi connectivity index (χ1v) is 3.99. The zero-order chi connectivity index (χ0) is 7.56. The molecule has 0 saturated heterocycles. The van der Waals surface area contributed by atoms with E-state index in [-0.39, 0.29) is 0 Å². The van der Waals surface area contributed by atoms with E-state index >= 15 is 0 Å². The lowest BCUT2D eigenvalue weighted by Crippen LogP contribution is -1.83. The molecule has 1 aromatic rings. The van der Waals surface area contributed by atoms with Crippen molar-refractivity contribution in [2.75, 3.05) is 0 Å². The van der Waals surface area contributed by atoms with Crippen molar-refractivity contribution >= 4 is 29.2 Å².